The van der Waals surface area contributed by atoms with E-state index in [-0.39, 0.29) is 19.4 Å². The van der Waals surface area contributed by atoms with Crippen molar-refractivity contribution in [3.8, 4) is 0 Å². The fourth-order valence-corrected chi connectivity index (χ4v) is 1.26. The minimum absolute atomic E-state index is 0.0518. The Morgan fingerprint density at radius 1 is 1.11 bits per heavy atom. The van der Waals surface area contributed by atoms with Crippen LogP contribution in [0.5, 0.6) is 0 Å². The molecule has 0 aromatic carbocycles. The molecule has 0 rings (SSSR count). The van der Waals surface area contributed by atoms with E-state index >= 15 is 0 Å². The predicted molar refractivity (Wildman–Crippen MR) is 54.5 cm³/mol. The summed E-state index contributed by atoms with van der Waals surface area (Å²) in [6.07, 6.45) is -9.23. The lowest BCUT2D eigenvalue weighted by Gasteiger charge is -2.19. The average Bonchev–Trinajstić information content (AvgIpc) is 2.25. The third kappa shape index (κ3) is 9.04. The van der Waals surface area contributed by atoms with E-state index in [1.807, 2.05) is 0 Å². The molecular weight excluding hydrogens is 283 g/mol. The molecule has 9 heteroatoms. The largest absolute Gasteiger partial charge is 0.389 e. The number of hydrogen-bond acceptors (Lipinski definition) is 2. The lowest BCUT2D eigenvalue weighted by atomic mass is 10.1. The quantitative estimate of drug-likeness (QED) is 0.660. The maximum Gasteiger partial charge on any atom is 0.389 e. The van der Waals surface area contributed by atoms with Crippen molar-refractivity contribution in [1.82, 2.24) is 5.32 Å². The van der Waals surface area contributed by atoms with Crippen molar-refractivity contribution in [2.75, 3.05) is 20.3 Å². The molecule has 0 aliphatic carbocycles. The SMILES string of the molecule is CNC(CCCC(F)(F)F)COCC(F)(F)C(F)F. The first-order valence-electron chi connectivity index (χ1n) is 5.56. The number of rotatable bonds is 9. The second kappa shape index (κ2) is 7.88. The van der Waals surface area contributed by atoms with E-state index in [9.17, 15) is 30.7 Å². The Labute approximate surface area is 106 Å². The highest BCUT2D eigenvalue weighted by Gasteiger charge is 2.41. The Hall–Kier alpha value is -0.570. The summed E-state index contributed by atoms with van der Waals surface area (Å²) in [6.45, 7) is -1.81. The standard InChI is InChI=1S/C10H16F7NO/c1-18-7(3-2-4-10(15,16)17)5-19-6-9(13,14)8(11)12/h7-8,18H,2-6H2,1H3. The number of ether oxygens (including phenoxy) is 1. The van der Waals surface area contributed by atoms with Crippen LogP contribution in [0.3, 0.4) is 0 Å². The Kier molecular flexibility index (Phi) is 7.65. The normalized spacial score (nSPS) is 15.0. The summed E-state index contributed by atoms with van der Waals surface area (Å²) in [5.41, 5.74) is 0. The molecule has 1 N–H and O–H groups in total. The van der Waals surface area contributed by atoms with Gasteiger partial charge in [0.15, 0.2) is 0 Å². The molecule has 0 aromatic rings. The van der Waals surface area contributed by atoms with Crippen LogP contribution in [0.15, 0.2) is 0 Å². The summed E-state index contributed by atoms with van der Waals surface area (Å²) in [4.78, 5) is 0. The monoisotopic (exact) mass is 299 g/mol. The van der Waals surface area contributed by atoms with Gasteiger partial charge in [-0.25, -0.2) is 8.78 Å². The van der Waals surface area contributed by atoms with Crippen LogP contribution in [0.25, 0.3) is 0 Å². The molecule has 1 unspecified atom stereocenters. The van der Waals surface area contributed by atoms with Crippen LogP contribution in [-0.4, -0.2) is 44.8 Å². The van der Waals surface area contributed by atoms with Crippen LogP contribution in [0.2, 0.25) is 0 Å². The molecule has 116 valence electrons. The van der Waals surface area contributed by atoms with Crippen LogP contribution in [-0.2, 0) is 4.74 Å². The number of alkyl halides is 7. The van der Waals surface area contributed by atoms with Gasteiger partial charge in [-0.2, -0.15) is 22.0 Å². The number of nitrogens with one attached hydrogen (secondary N) is 1. The zero-order chi connectivity index (χ0) is 15.1. The average molecular weight is 299 g/mol. The lowest BCUT2D eigenvalue weighted by Crippen LogP contribution is -2.36. The van der Waals surface area contributed by atoms with Crippen molar-refractivity contribution in [3.63, 3.8) is 0 Å². The Morgan fingerprint density at radius 2 is 1.68 bits per heavy atom. The number of halogens is 7. The number of likely N-dealkylation sites (N-methyl/N-ethyl adjacent to an activating group) is 1. The highest BCUT2D eigenvalue weighted by Crippen LogP contribution is 2.24. The smallest absolute Gasteiger partial charge is 0.373 e. The fraction of sp³-hybridized carbons (Fsp3) is 1.00. The first-order valence-corrected chi connectivity index (χ1v) is 5.56. The molecule has 0 fully saturated rings. The molecule has 0 aromatic heterocycles. The second-order valence-electron chi connectivity index (χ2n) is 4.07. The van der Waals surface area contributed by atoms with Crippen LogP contribution >= 0.6 is 0 Å². The molecule has 0 saturated heterocycles. The zero-order valence-electron chi connectivity index (χ0n) is 10.2. The minimum Gasteiger partial charge on any atom is -0.373 e. The maximum absolute atomic E-state index is 12.5. The molecule has 0 bridgehead atoms. The summed E-state index contributed by atoms with van der Waals surface area (Å²) >= 11 is 0. The van der Waals surface area contributed by atoms with Gasteiger partial charge in [-0.05, 0) is 19.9 Å². The van der Waals surface area contributed by atoms with Gasteiger partial charge in [-0.1, -0.05) is 0 Å². The van der Waals surface area contributed by atoms with Crippen molar-refractivity contribution >= 4 is 0 Å². The minimum atomic E-state index is -4.28. The van der Waals surface area contributed by atoms with Crippen LogP contribution in [0.1, 0.15) is 19.3 Å². The summed E-state index contributed by atoms with van der Waals surface area (Å²) < 4.78 is 88.5. The van der Waals surface area contributed by atoms with Gasteiger partial charge in [0.25, 0.3) is 0 Å². The third-order valence-corrected chi connectivity index (χ3v) is 2.35. The Morgan fingerprint density at radius 3 is 2.11 bits per heavy atom. The van der Waals surface area contributed by atoms with E-state index in [2.05, 4.69) is 10.1 Å². The third-order valence-electron chi connectivity index (χ3n) is 2.35. The van der Waals surface area contributed by atoms with Crippen LogP contribution in [0, 0.1) is 0 Å². The van der Waals surface area contributed by atoms with Crippen molar-refractivity contribution in [1.29, 1.82) is 0 Å². The van der Waals surface area contributed by atoms with Gasteiger partial charge < -0.3 is 10.1 Å². The van der Waals surface area contributed by atoms with E-state index in [4.69, 9.17) is 0 Å². The molecule has 19 heavy (non-hydrogen) atoms. The van der Waals surface area contributed by atoms with Crippen LogP contribution in [0.4, 0.5) is 30.7 Å². The molecule has 0 radical (unpaired) electrons. The first-order chi connectivity index (χ1) is 8.58. The molecule has 0 aliphatic heterocycles. The summed E-state index contributed by atoms with van der Waals surface area (Å²) in [6, 6.07) is -0.587. The van der Waals surface area contributed by atoms with E-state index in [0.717, 1.165) is 0 Å². The lowest BCUT2D eigenvalue weighted by molar-refractivity contribution is -0.167. The number of hydrogen-bond donors (Lipinski definition) is 1. The topological polar surface area (TPSA) is 21.3 Å². The van der Waals surface area contributed by atoms with Gasteiger partial charge in [0, 0.05) is 12.5 Å². The Balaban J connectivity index is 3.89. The van der Waals surface area contributed by atoms with Crippen molar-refractivity contribution in [2.24, 2.45) is 0 Å². The second-order valence-corrected chi connectivity index (χ2v) is 4.07. The van der Waals surface area contributed by atoms with E-state index in [1.54, 1.807) is 0 Å². The van der Waals surface area contributed by atoms with Crippen LogP contribution < -0.4 is 5.32 Å². The predicted octanol–water partition coefficient (Wildman–Crippen LogP) is 3.22. The van der Waals surface area contributed by atoms with Gasteiger partial charge in [0.05, 0.1) is 6.61 Å². The summed E-state index contributed by atoms with van der Waals surface area (Å²) in [7, 11) is 1.42. The molecule has 0 aliphatic rings. The first kappa shape index (κ1) is 18.4. The van der Waals surface area contributed by atoms with Gasteiger partial charge in [-0.15, -0.1) is 0 Å². The molecular formula is C10H16F7NO. The van der Waals surface area contributed by atoms with E-state index in [0.29, 0.717) is 0 Å². The molecule has 0 saturated carbocycles. The van der Waals surface area contributed by atoms with E-state index in [1.165, 1.54) is 7.05 Å². The van der Waals surface area contributed by atoms with Gasteiger partial charge in [-0.3, -0.25) is 0 Å². The fourth-order valence-electron chi connectivity index (χ4n) is 1.26. The molecule has 1 atom stereocenters. The van der Waals surface area contributed by atoms with Gasteiger partial charge in [0.2, 0.25) is 0 Å². The van der Waals surface area contributed by atoms with Gasteiger partial charge >= 0.3 is 18.5 Å². The Bertz CT molecular complexity index is 245. The molecule has 0 spiro atoms. The van der Waals surface area contributed by atoms with E-state index < -0.39 is 37.6 Å². The zero-order valence-corrected chi connectivity index (χ0v) is 10.2. The van der Waals surface area contributed by atoms with Crippen molar-refractivity contribution in [2.45, 2.75) is 43.8 Å². The highest BCUT2D eigenvalue weighted by molar-refractivity contribution is 4.70. The maximum atomic E-state index is 12.5. The summed E-state index contributed by atoms with van der Waals surface area (Å²) in [5.74, 6) is -4.25. The molecule has 0 amide bonds. The van der Waals surface area contributed by atoms with Gasteiger partial charge in [0.1, 0.15) is 6.61 Å². The summed E-state index contributed by atoms with van der Waals surface area (Å²) in [5, 5.41) is 2.58. The molecule has 2 nitrogen and oxygen atoms in total. The highest BCUT2D eigenvalue weighted by atomic mass is 19.4. The van der Waals surface area contributed by atoms with Crippen molar-refractivity contribution in [3.05, 3.63) is 0 Å². The molecule has 0 heterocycles. The van der Waals surface area contributed by atoms with Crippen molar-refractivity contribution < 1.29 is 35.5 Å².